The summed E-state index contributed by atoms with van der Waals surface area (Å²) in [6.07, 6.45) is 0. The van der Waals surface area contributed by atoms with E-state index in [1.54, 1.807) is 10.6 Å². The molecule has 0 aliphatic heterocycles. The van der Waals surface area contributed by atoms with Crippen LogP contribution in [0.1, 0.15) is 0 Å². The van der Waals surface area contributed by atoms with Crippen LogP contribution in [0.5, 0.6) is 0 Å². The Kier molecular flexibility index (Phi) is 28.5. The summed E-state index contributed by atoms with van der Waals surface area (Å²) in [7, 11) is 0. The first kappa shape index (κ1) is 31.7. The fourth-order valence-electron chi connectivity index (χ4n) is 0.265. The predicted molar refractivity (Wildman–Crippen MR) is 66.8 cm³/mol. The molecular formula is C4H14CuN10O8. The summed E-state index contributed by atoms with van der Waals surface area (Å²) in [5.74, 6) is -0.875. The molecule has 14 N–H and O–H groups in total. The zero-order valence-corrected chi connectivity index (χ0v) is 11.8. The second-order valence-corrected chi connectivity index (χ2v) is 2.28. The number of carbonyl (C=O) groups excluding carboxylic acids is 2. The van der Waals surface area contributed by atoms with E-state index in [9.17, 15) is 9.59 Å². The Morgan fingerprint density at radius 2 is 0.957 bits per heavy atom. The number of amides is 4. The van der Waals surface area contributed by atoms with Crippen LogP contribution in [0.3, 0.4) is 0 Å². The van der Waals surface area contributed by atoms with Gasteiger partial charge in [-0.1, -0.05) is 0 Å². The Hall–Kier alpha value is -3.60. The normalized spacial score (nSPS) is 6.61. The maximum Gasteiger partial charge on any atom is 0.318 e. The minimum absolute atomic E-state index is 0. The van der Waals surface area contributed by atoms with Crippen molar-refractivity contribution in [3.63, 3.8) is 0 Å². The number of urea groups is 2. The molecule has 0 unspecified atom stereocenters. The molecule has 0 fully saturated rings. The second kappa shape index (κ2) is 20.7. The molecular weight excluding hydrogens is 380 g/mol. The van der Waals surface area contributed by atoms with Crippen LogP contribution in [-0.2, 0) is 17.1 Å². The van der Waals surface area contributed by atoms with Crippen LogP contribution < -0.4 is 33.6 Å². The van der Waals surface area contributed by atoms with Crippen molar-refractivity contribution in [2.75, 3.05) is 0 Å². The Morgan fingerprint density at radius 3 is 0.957 bits per heavy atom. The van der Waals surface area contributed by atoms with Gasteiger partial charge in [0.15, 0.2) is 11.9 Å². The van der Waals surface area contributed by atoms with Crippen molar-refractivity contribution in [2.24, 2.45) is 22.9 Å². The van der Waals surface area contributed by atoms with Crippen molar-refractivity contribution in [3.05, 3.63) is 20.2 Å². The molecule has 0 aromatic carbocycles. The number of nitrogens with zero attached hydrogens (tertiary/aromatic N) is 2. The van der Waals surface area contributed by atoms with Gasteiger partial charge < -0.3 is 33.3 Å². The predicted octanol–water partition coefficient (Wildman–Crippen LogP) is -3.60. The smallest absolute Gasteiger partial charge is 0.318 e. The zero-order valence-electron chi connectivity index (χ0n) is 10.8. The Bertz CT molecular complexity index is 344. The van der Waals surface area contributed by atoms with Crippen molar-refractivity contribution < 1.29 is 47.2 Å². The van der Waals surface area contributed by atoms with Gasteiger partial charge in [-0.3, -0.25) is 21.5 Å². The van der Waals surface area contributed by atoms with Gasteiger partial charge in [-0.15, -0.1) is 20.2 Å². The summed E-state index contributed by atoms with van der Waals surface area (Å²) in [5.41, 5.74) is 18.4. The van der Waals surface area contributed by atoms with Crippen LogP contribution in [0.15, 0.2) is 0 Å². The molecule has 1 radical (unpaired) electrons. The van der Waals surface area contributed by atoms with E-state index in [4.69, 9.17) is 41.5 Å². The minimum Gasteiger partial charge on any atom is -0.370 e. The number of guanidine groups is 2. The standard InChI is InChI=1S/2C2H6N4O.Cu.2HNO3/c2*3-1(4)6-2(5)7;;2*2-1(3)4/h2*(H6,3,4,5,6,7);;2*(H,2,3,4). The van der Waals surface area contributed by atoms with Gasteiger partial charge in [0.2, 0.25) is 0 Å². The van der Waals surface area contributed by atoms with E-state index in [2.05, 4.69) is 22.9 Å². The first-order valence-corrected chi connectivity index (χ1v) is 4.19. The van der Waals surface area contributed by atoms with Crippen LogP contribution in [0.4, 0.5) is 9.59 Å². The summed E-state index contributed by atoms with van der Waals surface area (Å²) in [6, 6.07) is -1.62. The fraction of sp³-hybridized carbons (Fsp3) is 0. The van der Waals surface area contributed by atoms with Crippen LogP contribution in [-0.4, -0.2) is 44.6 Å². The molecule has 0 rings (SSSR count). The van der Waals surface area contributed by atoms with Gasteiger partial charge in [0.1, 0.15) is 0 Å². The minimum atomic E-state index is -1.50. The van der Waals surface area contributed by atoms with E-state index in [0.29, 0.717) is 0 Å². The van der Waals surface area contributed by atoms with E-state index in [-0.39, 0.29) is 17.1 Å². The average molecular weight is 394 g/mol. The SMILES string of the molecule is N=C(N)NC(N)=O.N=C(N)NC(N)=O.O=[N+]([O-])O.O=[N+]([O-])O.[Cu]. The third-order valence-electron chi connectivity index (χ3n) is 0.516. The number of carbonyl (C=O) groups is 2. The van der Waals surface area contributed by atoms with Crippen LogP contribution in [0.2, 0.25) is 0 Å². The number of rotatable bonds is 0. The summed E-state index contributed by atoms with van der Waals surface area (Å²) >= 11 is 0. The molecule has 18 nitrogen and oxygen atoms in total. The van der Waals surface area contributed by atoms with Gasteiger partial charge in [0, 0.05) is 17.1 Å². The molecule has 0 heterocycles. The van der Waals surface area contributed by atoms with E-state index < -0.39 is 34.2 Å². The van der Waals surface area contributed by atoms with Crippen molar-refractivity contribution >= 4 is 24.0 Å². The molecule has 139 valence electrons. The maximum absolute atomic E-state index is 9.70. The molecule has 0 aromatic heterocycles. The van der Waals surface area contributed by atoms with Gasteiger partial charge in [0.05, 0.1) is 0 Å². The summed E-state index contributed by atoms with van der Waals surface area (Å²) < 4.78 is 0. The molecule has 0 atom stereocenters. The first-order chi connectivity index (χ1) is 9.72. The third-order valence-corrected chi connectivity index (χ3v) is 0.516. The molecule has 0 saturated carbocycles. The number of hydrogen-bond donors (Lipinski definition) is 10. The van der Waals surface area contributed by atoms with Gasteiger partial charge >= 0.3 is 12.1 Å². The van der Waals surface area contributed by atoms with Gasteiger partial charge in [0.25, 0.3) is 10.2 Å². The first-order valence-electron chi connectivity index (χ1n) is 4.19. The molecule has 0 saturated heterocycles. The third kappa shape index (κ3) is 256. The molecule has 0 spiro atoms. The van der Waals surface area contributed by atoms with Gasteiger partial charge in [-0.05, 0) is 0 Å². The van der Waals surface area contributed by atoms with Crippen molar-refractivity contribution in [1.82, 2.24) is 10.6 Å². The van der Waals surface area contributed by atoms with Gasteiger partial charge in [-0.25, -0.2) is 9.59 Å². The van der Waals surface area contributed by atoms with Crippen LogP contribution in [0.25, 0.3) is 0 Å². The molecule has 0 aliphatic carbocycles. The van der Waals surface area contributed by atoms with E-state index in [1.807, 2.05) is 0 Å². The van der Waals surface area contributed by atoms with Crippen molar-refractivity contribution in [1.29, 1.82) is 10.8 Å². The van der Waals surface area contributed by atoms with E-state index >= 15 is 0 Å². The average Bonchev–Trinajstić information content (AvgIpc) is 2.10. The molecule has 0 bridgehead atoms. The summed E-state index contributed by atoms with van der Waals surface area (Å²) in [5, 5.41) is 43.7. The van der Waals surface area contributed by atoms with Crippen LogP contribution in [0, 0.1) is 31.0 Å². The molecule has 23 heavy (non-hydrogen) atoms. The Labute approximate surface area is 136 Å². The van der Waals surface area contributed by atoms with Crippen molar-refractivity contribution in [3.8, 4) is 0 Å². The number of nitrogens with two attached hydrogens (primary N) is 4. The number of nitrogens with one attached hydrogen (secondary N) is 4. The number of hydrogen-bond acceptors (Lipinski definition) is 8. The fourth-order valence-corrected chi connectivity index (χ4v) is 0.265. The number of primary amides is 2. The monoisotopic (exact) mass is 393 g/mol. The zero-order chi connectivity index (χ0) is 18.9. The van der Waals surface area contributed by atoms with Crippen LogP contribution >= 0.6 is 0 Å². The second-order valence-electron chi connectivity index (χ2n) is 2.28. The summed E-state index contributed by atoms with van der Waals surface area (Å²) in [4.78, 5) is 36.1. The van der Waals surface area contributed by atoms with E-state index in [0.717, 1.165) is 0 Å². The maximum atomic E-state index is 9.70. The largest absolute Gasteiger partial charge is 0.370 e. The molecule has 4 amide bonds. The molecule has 0 aromatic rings. The van der Waals surface area contributed by atoms with Gasteiger partial charge in [-0.2, -0.15) is 0 Å². The quantitative estimate of drug-likeness (QED) is 0.0632. The molecule has 0 aliphatic rings. The van der Waals surface area contributed by atoms with E-state index in [1.165, 1.54) is 0 Å². The Morgan fingerprint density at radius 1 is 0.826 bits per heavy atom. The Balaban J connectivity index is -0.0000000639. The van der Waals surface area contributed by atoms with Crippen molar-refractivity contribution in [2.45, 2.75) is 0 Å². The molecule has 19 heteroatoms. The summed E-state index contributed by atoms with van der Waals surface area (Å²) in [6.45, 7) is 0. The topological polar surface area (TPSA) is 337 Å².